The summed E-state index contributed by atoms with van der Waals surface area (Å²) in [6, 6.07) is 9.31. The van der Waals surface area contributed by atoms with Crippen molar-refractivity contribution >= 4 is 17.5 Å². The quantitative estimate of drug-likeness (QED) is 0.873. The molecule has 1 saturated heterocycles. The van der Waals surface area contributed by atoms with Crippen molar-refractivity contribution in [2.75, 3.05) is 18.6 Å². The molecule has 1 aliphatic heterocycles. The van der Waals surface area contributed by atoms with E-state index < -0.39 is 11.9 Å². The number of nitrogens with zero attached hydrogens (tertiary/aromatic N) is 1. The minimum absolute atomic E-state index is 0.197. The third-order valence-corrected chi connectivity index (χ3v) is 3.92. The first-order valence-electron chi connectivity index (χ1n) is 7.54. The molecule has 1 aromatic heterocycles. The number of hydrogen-bond donors (Lipinski definition) is 2. The van der Waals surface area contributed by atoms with E-state index in [1.165, 1.54) is 18.3 Å². The van der Waals surface area contributed by atoms with Crippen LogP contribution in [0.5, 0.6) is 5.75 Å². The normalized spacial score (nSPS) is 17.0. The van der Waals surface area contributed by atoms with E-state index in [1.807, 2.05) is 12.1 Å². The number of carbonyl (C=O) groups excluding carboxylic acids is 2. The van der Waals surface area contributed by atoms with E-state index in [4.69, 9.17) is 4.74 Å². The predicted molar refractivity (Wildman–Crippen MR) is 88.3 cm³/mol. The molecule has 0 saturated carbocycles. The summed E-state index contributed by atoms with van der Waals surface area (Å²) in [5, 5.41) is 2.69. The lowest BCUT2D eigenvalue weighted by atomic mass is 10.2. The first-order valence-corrected chi connectivity index (χ1v) is 7.54. The molecule has 1 atom stereocenters. The lowest BCUT2D eigenvalue weighted by Crippen LogP contribution is -2.41. The van der Waals surface area contributed by atoms with Crippen molar-refractivity contribution in [1.29, 1.82) is 0 Å². The van der Waals surface area contributed by atoms with Crippen LogP contribution >= 0.6 is 0 Å². The van der Waals surface area contributed by atoms with E-state index in [0.29, 0.717) is 24.4 Å². The van der Waals surface area contributed by atoms with Gasteiger partial charge < -0.3 is 19.9 Å². The summed E-state index contributed by atoms with van der Waals surface area (Å²) in [5.41, 5.74) is 0.538. The van der Waals surface area contributed by atoms with Crippen LogP contribution in [0.25, 0.3) is 0 Å². The number of anilines is 1. The molecular weight excluding hydrogens is 310 g/mol. The number of benzene rings is 1. The van der Waals surface area contributed by atoms with Crippen molar-refractivity contribution in [2.45, 2.75) is 12.5 Å². The van der Waals surface area contributed by atoms with Crippen molar-refractivity contribution in [2.24, 2.45) is 0 Å². The Hall–Kier alpha value is -3.09. The van der Waals surface area contributed by atoms with E-state index in [0.717, 1.165) is 0 Å². The van der Waals surface area contributed by atoms with Crippen LogP contribution < -0.4 is 20.5 Å². The molecule has 24 heavy (non-hydrogen) atoms. The van der Waals surface area contributed by atoms with Crippen LogP contribution in [-0.2, 0) is 4.79 Å². The van der Waals surface area contributed by atoms with Crippen LogP contribution in [0.3, 0.4) is 0 Å². The van der Waals surface area contributed by atoms with E-state index >= 15 is 0 Å². The van der Waals surface area contributed by atoms with Crippen molar-refractivity contribution in [3.63, 3.8) is 0 Å². The van der Waals surface area contributed by atoms with Crippen molar-refractivity contribution in [1.82, 2.24) is 10.3 Å². The van der Waals surface area contributed by atoms with Gasteiger partial charge >= 0.3 is 0 Å². The number of hydrogen-bond acceptors (Lipinski definition) is 4. The number of nitrogens with one attached hydrogen (secondary N) is 2. The first kappa shape index (κ1) is 15.8. The standard InChI is InChI=1S/C17H17N3O4/c1-24-14-5-3-2-4-13(14)20-9-7-12(17(20)23)19-16(22)11-6-8-18-15(21)10-11/h2-6,8,10,12H,7,9H2,1H3,(H,18,21)(H,19,22). The number of rotatable bonds is 4. The first-order chi connectivity index (χ1) is 11.6. The molecule has 0 spiro atoms. The van der Waals surface area contributed by atoms with Crippen LogP contribution in [-0.4, -0.2) is 36.5 Å². The van der Waals surface area contributed by atoms with E-state index in [2.05, 4.69) is 10.3 Å². The number of carbonyl (C=O) groups is 2. The molecule has 124 valence electrons. The second-order valence-corrected chi connectivity index (χ2v) is 5.42. The van der Waals surface area contributed by atoms with Gasteiger partial charge in [0.15, 0.2) is 0 Å². The molecule has 1 aliphatic rings. The highest BCUT2D eigenvalue weighted by Gasteiger charge is 2.34. The third kappa shape index (κ3) is 3.01. The largest absolute Gasteiger partial charge is 0.495 e. The van der Waals surface area contributed by atoms with Gasteiger partial charge in [-0.15, -0.1) is 0 Å². The van der Waals surface area contributed by atoms with Crippen LogP contribution in [0.2, 0.25) is 0 Å². The molecule has 0 aliphatic carbocycles. The Morgan fingerprint density at radius 3 is 2.83 bits per heavy atom. The number of pyridine rings is 1. The van der Waals surface area contributed by atoms with Gasteiger partial charge in [-0.3, -0.25) is 14.4 Å². The van der Waals surface area contributed by atoms with Gasteiger partial charge in [0.25, 0.3) is 5.91 Å². The summed E-state index contributed by atoms with van der Waals surface area (Å²) in [5.74, 6) is -0.0357. The fraction of sp³-hybridized carbons (Fsp3) is 0.235. The van der Waals surface area contributed by atoms with E-state index in [1.54, 1.807) is 24.1 Å². The lowest BCUT2D eigenvalue weighted by molar-refractivity contribution is -0.118. The highest BCUT2D eigenvalue weighted by atomic mass is 16.5. The van der Waals surface area contributed by atoms with Gasteiger partial charge in [0.2, 0.25) is 11.5 Å². The van der Waals surface area contributed by atoms with Gasteiger partial charge in [-0.25, -0.2) is 0 Å². The lowest BCUT2D eigenvalue weighted by Gasteiger charge is -2.19. The summed E-state index contributed by atoms with van der Waals surface area (Å²) in [4.78, 5) is 40.1. The van der Waals surface area contributed by atoms with Gasteiger partial charge in [0, 0.05) is 24.4 Å². The molecule has 2 amide bonds. The topological polar surface area (TPSA) is 91.5 Å². The maximum atomic E-state index is 12.6. The molecule has 2 heterocycles. The molecule has 1 fully saturated rings. The maximum Gasteiger partial charge on any atom is 0.252 e. The fourth-order valence-electron chi connectivity index (χ4n) is 2.73. The molecule has 0 radical (unpaired) electrons. The van der Waals surface area contributed by atoms with Crippen molar-refractivity contribution in [3.8, 4) is 5.75 Å². The molecule has 1 aromatic carbocycles. The Labute approximate surface area is 138 Å². The Balaban J connectivity index is 1.75. The number of aromatic amines is 1. The summed E-state index contributed by atoms with van der Waals surface area (Å²) in [6.45, 7) is 0.486. The molecule has 2 N–H and O–H groups in total. The van der Waals surface area contributed by atoms with Gasteiger partial charge in [0.05, 0.1) is 12.8 Å². The number of H-pyrrole nitrogens is 1. The number of ether oxygens (including phenoxy) is 1. The minimum atomic E-state index is -0.623. The van der Waals surface area contributed by atoms with Crippen LogP contribution in [0.4, 0.5) is 5.69 Å². The Bertz CT molecular complexity index is 830. The minimum Gasteiger partial charge on any atom is -0.495 e. The van der Waals surface area contributed by atoms with Gasteiger partial charge in [-0.1, -0.05) is 12.1 Å². The number of amides is 2. The number of para-hydroxylation sites is 2. The summed E-state index contributed by atoms with van der Waals surface area (Å²) >= 11 is 0. The highest BCUT2D eigenvalue weighted by Crippen LogP contribution is 2.31. The van der Waals surface area contributed by atoms with E-state index in [9.17, 15) is 14.4 Å². The average molecular weight is 327 g/mol. The monoisotopic (exact) mass is 327 g/mol. The second kappa shape index (κ2) is 6.57. The Kier molecular flexibility index (Phi) is 4.33. The molecule has 1 unspecified atom stereocenters. The molecule has 3 rings (SSSR count). The second-order valence-electron chi connectivity index (χ2n) is 5.42. The van der Waals surface area contributed by atoms with Crippen molar-refractivity contribution in [3.05, 3.63) is 58.5 Å². The molecule has 0 bridgehead atoms. The average Bonchev–Trinajstić information content (AvgIpc) is 2.95. The highest BCUT2D eigenvalue weighted by molar-refractivity contribution is 6.04. The zero-order chi connectivity index (χ0) is 17.1. The summed E-state index contributed by atoms with van der Waals surface area (Å²) < 4.78 is 5.29. The Morgan fingerprint density at radius 1 is 1.29 bits per heavy atom. The summed E-state index contributed by atoms with van der Waals surface area (Å²) in [7, 11) is 1.55. The van der Waals surface area contributed by atoms with Crippen molar-refractivity contribution < 1.29 is 14.3 Å². The zero-order valence-corrected chi connectivity index (χ0v) is 13.1. The fourth-order valence-corrected chi connectivity index (χ4v) is 2.73. The third-order valence-electron chi connectivity index (χ3n) is 3.92. The molecular formula is C17H17N3O4. The van der Waals surface area contributed by atoms with Gasteiger partial charge in [0.1, 0.15) is 11.8 Å². The zero-order valence-electron chi connectivity index (χ0n) is 13.1. The molecule has 7 nitrogen and oxygen atoms in total. The number of methoxy groups -OCH3 is 1. The van der Waals surface area contributed by atoms with E-state index in [-0.39, 0.29) is 17.0 Å². The SMILES string of the molecule is COc1ccccc1N1CCC(NC(=O)c2cc[nH]c(=O)c2)C1=O. The smallest absolute Gasteiger partial charge is 0.252 e. The maximum absolute atomic E-state index is 12.6. The Morgan fingerprint density at radius 2 is 2.08 bits per heavy atom. The summed E-state index contributed by atoms with van der Waals surface area (Å²) in [6.07, 6.45) is 1.89. The number of aromatic nitrogens is 1. The molecule has 7 heteroatoms. The molecule has 2 aromatic rings. The predicted octanol–water partition coefficient (Wildman–Crippen LogP) is 0.919. The van der Waals surface area contributed by atoms with Crippen LogP contribution in [0.1, 0.15) is 16.8 Å². The van der Waals surface area contributed by atoms with Crippen LogP contribution in [0, 0.1) is 0 Å². The van der Waals surface area contributed by atoms with Gasteiger partial charge in [-0.05, 0) is 24.6 Å². The van der Waals surface area contributed by atoms with Gasteiger partial charge in [-0.2, -0.15) is 0 Å². The van der Waals surface area contributed by atoms with Crippen LogP contribution in [0.15, 0.2) is 47.4 Å².